The number of nitriles is 1. The molecule has 2 N–H and O–H groups in total. The zero-order chi connectivity index (χ0) is 17.8. The van der Waals surface area contributed by atoms with Gasteiger partial charge in [-0.15, -0.1) is 0 Å². The molecule has 1 saturated heterocycles. The van der Waals surface area contributed by atoms with Gasteiger partial charge in [-0.2, -0.15) is 5.26 Å². The lowest BCUT2D eigenvalue weighted by molar-refractivity contribution is 0.387. The number of hydrogen-bond donors (Lipinski definition) is 2. The summed E-state index contributed by atoms with van der Waals surface area (Å²) in [5, 5.41) is 10.5. The van der Waals surface area contributed by atoms with Crippen molar-refractivity contribution in [2.75, 3.05) is 31.3 Å². The Kier molecular flexibility index (Phi) is 5.70. The number of hydrogen-bond acceptors (Lipinski definition) is 6. The molecule has 0 bridgehead atoms. The van der Waals surface area contributed by atoms with Gasteiger partial charge in [-0.25, -0.2) is 0 Å². The molecule has 1 fully saturated rings. The highest BCUT2D eigenvalue weighted by atomic mass is 31.2. The number of anilines is 1. The number of methoxy groups -OCH3 is 1. The molecule has 0 unspecified atom stereocenters. The molecule has 0 spiro atoms. The van der Waals surface area contributed by atoms with Crippen molar-refractivity contribution in [2.24, 2.45) is 5.92 Å². The Labute approximate surface area is 148 Å². The van der Waals surface area contributed by atoms with Gasteiger partial charge in [0, 0.05) is 30.8 Å². The lowest BCUT2D eigenvalue weighted by Gasteiger charge is -2.34. The second-order valence-electron chi connectivity index (χ2n) is 6.33. The van der Waals surface area contributed by atoms with Gasteiger partial charge < -0.3 is 19.4 Å². The van der Waals surface area contributed by atoms with E-state index in [0.29, 0.717) is 17.6 Å². The number of rotatable bonds is 5. The molecule has 0 radical (unpaired) electrons. The Bertz CT molecular complexity index is 783. The second-order valence-corrected chi connectivity index (χ2v) is 7.52. The van der Waals surface area contributed by atoms with Crippen LogP contribution in [-0.4, -0.2) is 41.1 Å². The van der Waals surface area contributed by atoms with Gasteiger partial charge in [-0.3, -0.25) is 4.98 Å². The minimum absolute atomic E-state index is 0.485. The van der Waals surface area contributed by atoms with Gasteiger partial charge >= 0.3 is 0 Å². The molecule has 132 valence electrons. The fourth-order valence-electron chi connectivity index (χ4n) is 3.45. The molecule has 7 heteroatoms. The first kappa shape index (κ1) is 17.9. The summed E-state index contributed by atoms with van der Waals surface area (Å²) >= 11 is 0. The van der Waals surface area contributed by atoms with Crippen molar-refractivity contribution in [1.29, 1.82) is 5.26 Å². The van der Waals surface area contributed by atoms with Crippen LogP contribution in [0.5, 0.6) is 5.75 Å². The molecular weight excluding hydrogens is 337 g/mol. The Morgan fingerprint density at radius 1 is 1.36 bits per heavy atom. The van der Waals surface area contributed by atoms with Crippen molar-refractivity contribution in [3.05, 3.63) is 30.0 Å². The van der Waals surface area contributed by atoms with Crippen LogP contribution < -0.4 is 9.64 Å². The van der Waals surface area contributed by atoms with Crippen molar-refractivity contribution >= 4 is 25.0 Å². The summed E-state index contributed by atoms with van der Waals surface area (Å²) < 4.78 is 5.33. The molecule has 1 aliphatic rings. The lowest BCUT2D eigenvalue weighted by atomic mass is 9.93. The summed E-state index contributed by atoms with van der Waals surface area (Å²) in [6.45, 7) is 1.70. The fraction of sp³-hybridized carbons (Fsp3) is 0.444. The van der Waals surface area contributed by atoms with E-state index in [1.54, 1.807) is 13.3 Å². The van der Waals surface area contributed by atoms with Gasteiger partial charge in [0.25, 0.3) is 0 Å². The zero-order valence-electron chi connectivity index (χ0n) is 14.2. The maximum absolute atomic E-state index is 9.53. The molecule has 1 aliphatic heterocycles. The molecule has 1 aromatic heterocycles. The van der Waals surface area contributed by atoms with Crippen LogP contribution in [0.15, 0.2) is 24.4 Å². The minimum Gasteiger partial charge on any atom is -0.497 e. The number of ether oxygens (including phenoxy) is 1. The maximum atomic E-state index is 9.53. The van der Waals surface area contributed by atoms with Gasteiger partial charge in [-0.05, 0) is 43.4 Å². The Hall–Kier alpha value is -1.93. The number of nitrogens with zero attached hydrogens (tertiary/aromatic N) is 3. The monoisotopic (exact) mass is 359 g/mol. The largest absolute Gasteiger partial charge is 0.497 e. The summed E-state index contributed by atoms with van der Waals surface area (Å²) in [5.74, 6) is 1.26. The smallest absolute Gasteiger partial charge is 0.164 e. The van der Waals surface area contributed by atoms with Crippen LogP contribution in [-0.2, 0) is 0 Å². The molecule has 0 aliphatic carbocycles. The first-order valence-corrected chi connectivity index (χ1v) is 9.82. The van der Waals surface area contributed by atoms with Gasteiger partial charge in [0.05, 0.1) is 23.9 Å². The van der Waals surface area contributed by atoms with Crippen molar-refractivity contribution in [2.45, 2.75) is 19.3 Å². The molecule has 2 aromatic rings. The molecule has 0 atom stereocenters. The van der Waals surface area contributed by atoms with E-state index in [0.717, 1.165) is 54.7 Å². The van der Waals surface area contributed by atoms with E-state index in [4.69, 9.17) is 14.5 Å². The number of fused-ring (bicyclic) bond motifs is 1. The van der Waals surface area contributed by atoms with Crippen LogP contribution in [0, 0.1) is 17.2 Å². The van der Waals surface area contributed by atoms with Crippen LogP contribution in [0.4, 0.5) is 5.69 Å². The first-order chi connectivity index (χ1) is 12.1. The van der Waals surface area contributed by atoms with Crippen LogP contribution in [0.3, 0.4) is 0 Å². The van der Waals surface area contributed by atoms with Crippen molar-refractivity contribution in [1.82, 2.24) is 4.98 Å². The van der Waals surface area contributed by atoms with E-state index in [-0.39, 0.29) is 0 Å². The summed E-state index contributed by atoms with van der Waals surface area (Å²) in [5.41, 5.74) is 2.35. The third-order valence-corrected chi connectivity index (χ3v) is 5.49. The standard InChI is InChI=1S/C18H22N3O3P/c1-24-15-2-3-17-16(10-15)18(14(11-19)12-20-17)21-7-4-13(5-8-21)6-9-25(22)23/h2-3,10,12-13,22-23H,4-9H2,1H3. The molecule has 3 rings (SSSR count). The van der Waals surface area contributed by atoms with E-state index in [1.807, 2.05) is 18.2 Å². The Morgan fingerprint density at radius 3 is 2.76 bits per heavy atom. The van der Waals surface area contributed by atoms with Crippen LogP contribution in [0.25, 0.3) is 10.9 Å². The highest BCUT2D eigenvalue weighted by molar-refractivity contribution is 7.45. The third kappa shape index (κ3) is 4.01. The topological polar surface area (TPSA) is 89.6 Å². The number of piperidine rings is 1. The molecule has 6 nitrogen and oxygen atoms in total. The van der Waals surface area contributed by atoms with Gasteiger partial charge in [0.1, 0.15) is 11.8 Å². The first-order valence-electron chi connectivity index (χ1n) is 8.39. The molecule has 1 aromatic carbocycles. The highest BCUT2D eigenvalue weighted by Crippen LogP contribution is 2.36. The summed E-state index contributed by atoms with van der Waals surface area (Å²) in [4.78, 5) is 24.8. The molecule has 0 saturated carbocycles. The van der Waals surface area contributed by atoms with E-state index in [9.17, 15) is 5.26 Å². The van der Waals surface area contributed by atoms with E-state index >= 15 is 0 Å². The van der Waals surface area contributed by atoms with Gasteiger partial charge in [0.15, 0.2) is 8.38 Å². The third-order valence-electron chi connectivity index (χ3n) is 4.84. The highest BCUT2D eigenvalue weighted by Gasteiger charge is 2.23. The minimum atomic E-state index is -1.80. The SMILES string of the molecule is COc1ccc2ncc(C#N)c(N3CCC(CCP(O)O)CC3)c2c1. The number of benzene rings is 1. The summed E-state index contributed by atoms with van der Waals surface area (Å²) in [6.07, 6.45) is 4.95. The summed E-state index contributed by atoms with van der Waals surface area (Å²) in [7, 11) is -0.166. The Balaban J connectivity index is 1.86. The van der Waals surface area contributed by atoms with Gasteiger partial charge in [0.2, 0.25) is 0 Å². The lowest BCUT2D eigenvalue weighted by Crippen LogP contribution is -2.34. The number of aromatic nitrogens is 1. The average Bonchev–Trinajstić information content (AvgIpc) is 2.65. The molecular formula is C18H22N3O3P. The predicted octanol–water partition coefficient (Wildman–Crippen LogP) is 3.02. The molecule has 2 heterocycles. The average molecular weight is 359 g/mol. The van der Waals surface area contributed by atoms with Crippen LogP contribution in [0.1, 0.15) is 24.8 Å². The van der Waals surface area contributed by atoms with Crippen molar-refractivity contribution in [3.8, 4) is 11.8 Å². The van der Waals surface area contributed by atoms with E-state index < -0.39 is 8.38 Å². The van der Waals surface area contributed by atoms with Gasteiger partial charge in [-0.1, -0.05) is 0 Å². The van der Waals surface area contributed by atoms with E-state index in [2.05, 4.69) is 16.0 Å². The predicted molar refractivity (Wildman–Crippen MR) is 98.8 cm³/mol. The second kappa shape index (κ2) is 7.97. The Morgan fingerprint density at radius 2 is 2.12 bits per heavy atom. The zero-order valence-corrected chi connectivity index (χ0v) is 15.1. The normalized spacial score (nSPS) is 15.6. The maximum Gasteiger partial charge on any atom is 0.164 e. The van der Waals surface area contributed by atoms with Crippen LogP contribution >= 0.6 is 8.38 Å². The van der Waals surface area contributed by atoms with Crippen molar-refractivity contribution < 1.29 is 14.5 Å². The van der Waals surface area contributed by atoms with Crippen molar-refractivity contribution in [3.63, 3.8) is 0 Å². The quantitative estimate of drug-likeness (QED) is 0.798. The molecule has 25 heavy (non-hydrogen) atoms. The van der Waals surface area contributed by atoms with Crippen LogP contribution in [0.2, 0.25) is 0 Å². The van der Waals surface area contributed by atoms with E-state index in [1.165, 1.54) is 0 Å². The molecule has 0 amide bonds. The fourth-order valence-corrected chi connectivity index (χ4v) is 4.05. The summed E-state index contributed by atoms with van der Waals surface area (Å²) in [6, 6.07) is 7.99. The number of pyridine rings is 1.